The predicted octanol–water partition coefficient (Wildman–Crippen LogP) is 3.00. The first-order chi connectivity index (χ1) is 10.2. The van der Waals surface area contributed by atoms with E-state index >= 15 is 0 Å². The maximum atomic E-state index is 6.07. The van der Waals surface area contributed by atoms with Crippen LogP contribution >= 0.6 is 0 Å². The van der Waals surface area contributed by atoms with Crippen molar-refractivity contribution in [2.24, 2.45) is 11.7 Å². The van der Waals surface area contributed by atoms with Gasteiger partial charge in [-0.2, -0.15) is 0 Å². The van der Waals surface area contributed by atoms with Gasteiger partial charge in [-0.25, -0.2) is 0 Å². The lowest BCUT2D eigenvalue weighted by atomic mass is 9.79. The van der Waals surface area contributed by atoms with Gasteiger partial charge in [0.2, 0.25) is 0 Å². The van der Waals surface area contributed by atoms with Crippen molar-refractivity contribution in [1.29, 1.82) is 0 Å². The van der Waals surface area contributed by atoms with E-state index in [2.05, 4.69) is 6.92 Å². The number of methoxy groups -OCH3 is 1. The monoisotopic (exact) mass is 293 g/mol. The Hall–Kier alpha value is -1.26. The highest BCUT2D eigenvalue weighted by Gasteiger charge is 2.33. The first-order valence-electron chi connectivity index (χ1n) is 7.79. The van der Waals surface area contributed by atoms with Gasteiger partial charge in [-0.15, -0.1) is 0 Å². The summed E-state index contributed by atoms with van der Waals surface area (Å²) >= 11 is 0. The van der Waals surface area contributed by atoms with Gasteiger partial charge in [0.05, 0.1) is 19.3 Å². The molecule has 118 valence electrons. The van der Waals surface area contributed by atoms with E-state index in [0.717, 1.165) is 30.3 Å². The van der Waals surface area contributed by atoms with E-state index in [1.54, 1.807) is 7.11 Å². The minimum Gasteiger partial charge on any atom is -0.493 e. The topological polar surface area (TPSA) is 53.7 Å². The molecule has 4 nitrogen and oxygen atoms in total. The van der Waals surface area contributed by atoms with Gasteiger partial charge in [0.15, 0.2) is 11.5 Å². The van der Waals surface area contributed by atoms with Gasteiger partial charge < -0.3 is 19.9 Å². The molecule has 0 heterocycles. The second kappa shape index (κ2) is 7.66. The molecule has 0 saturated heterocycles. The van der Waals surface area contributed by atoms with Crippen molar-refractivity contribution in [3.05, 3.63) is 24.3 Å². The van der Waals surface area contributed by atoms with Crippen molar-refractivity contribution in [1.82, 2.24) is 0 Å². The van der Waals surface area contributed by atoms with Gasteiger partial charge >= 0.3 is 0 Å². The van der Waals surface area contributed by atoms with Gasteiger partial charge in [0, 0.05) is 6.54 Å². The lowest BCUT2D eigenvalue weighted by molar-refractivity contribution is -0.0777. The molecule has 0 radical (unpaired) electrons. The van der Waals surface area contributed by atoms with Gasteiger partial charge in [-0.1, -0.05) is 19.1 Å². The molecule has 0 spiro atoms. The molecule has 21 heavy (non-hydrogen) atoms. The second-order valence-electron chi connectivity index (χ2n) is 5.92. The minimum absolute atomic E-state index is 0.142. The van der Waals surface area contributed by atoms with Crippen molar-refractivity contribution in [3.63, 3.8) is 0 Å². The van der Waals surface area contributed by atoms with E-state index in [1.165, 1.54) is 12.8 Å². The number of ether oxygens (including phenoxy) is 3. The molecule has 1 fully saturated rings. The summed E-state index contributed by atoms with van der Waals surface area (Å²) in [7, 11) is 1.64. The third kappa shape index (κ3) is 4.35. The van der Waals surface area contributed by atoms with Crippen molar-refractivity contribution in [3.8, 4) is 11.5 Å². The van der Waals surface area contributed by atoms with Crippen LogP contribution in [0.2, 0.25) is 0 Å². The largest absolute Gasteiger partial charge is 0.493 e. The molecule has 2 N–H and O–H groups in total. The fraction of sp³-hybridized carbons (Fsp3) is 0.647. The Bertz CT molecular complexity index is 428. The van der Waals surface area contributed by atoms with E-state index in [9.17, 15) is 0 Å². The fourth-order valence-electron chi connectivity index (χ4n) is 2.84. The Morgan fingerprint density at radius 2 is 1.81 bits per heavy atom. The third-order valence-electron chi connectivity index (χ3n) is 4.38. The summed E-state index contributed by atoms with van der Waals surface area (Å²) in [6.07, 6.45) is 4.51. The SMILES string of the molecule is COc1ccccc1OCCOC1(CN)CCC(C)CC1. The van der Waals surface area contributed by atoms with E-state index in [0.29, 0.717) is 19.8 Å². The zero-order chi connectivity index (χ0) is 15.1. The summed E-state index contributed by atoms with van der Waals surface area (Å²) in [6.45, 7) is 3.96. The molecule has 0 unspecified atom stereocenters. The van der Waals surface area contributed by atoms with E-state index in [1.807, 2.05) is 24.3 Å². The summed E-state index contributed by atoms with van der Waals surface area (Å²) in [5.74, 6) is 2.29. The second-order valence-corrected chi connectivity index (χ2v) is 5.92. The highest BCUT2D eigenvalue weighted by atomic mass is 16.5. The third-order valence-corrected chi connectivity index (χ3v) is 4.38. The highest BCUT2D eigenvalue weighted by Crippen LogP contribution is 2.34. The smallest absolute Gasteiger partial charge is 0.161 e. The molecule has 0 aromatic heterocycles. The quantitative estimate of drug-likeness (QED) is 0.785. The number of hydrogen-bond donors (Lipinski definition) is 1. The highest BCUT2D eigenvalue weighted by molar-refractivity contribution is 5.39. The van der Waals surface area contributed by atoms with E-state index < -0.39 is 0 Å². The molecule has 1 aromatic rings. The maximum Gasteiger partial charge on any atom is 0.161 e. The Morgan fingerprint density at radius 1 is 1.14 bits per heavy atom. The van der Waals surface area contributed by atoms with Gasteiger partial charge in [0.25, 0.3) is 0 Å². The molecule has 0 atom stereocenters. The molecule has 2 rings (SSSR count). The zero-order valence-corrected chi connectivity index (χ0v) is 13.1. The molecular weight excluding hydrogens is 266 g/mol. The van der Waals surface area contributed by atoms with E-state index in [-0.39, 0.29) is 5.60 Å². The summed E-state index contributed by atoms with van der Waals surface area (Å²) in [4.78, 5) is 0. The molecule has 1 saturated carbocycles. The Morgan fingerprint density at radius 3 is 2.43 bits per heavy atom. The number of rotatable bonds is 7. The van der Waals surface area contributed by atoms with Crippen LogP contribution in [0.3, 0.4) is 0 Å². The van der Waals surface area contributed by atoms with Gasteiger partial charge in [-0.3, -0.25) is 0 Å². The fourth-order valence-corrected chi connectivity index (χ4v) is 2.84. The Kier molecular flexibility index (Phi) is 5.88. The van der Waals surface area contributed by atoms with Crippen LogP contribution in [0.25, 0.3) is 0 Å². The van der Waals surface area contributed by atoms with Crippen molar-refractivity contribution in [2.75, 3.05) is 26.9 Å². The first kappa shape index (κ1) is 16.1. The molecule has 0 aliphatic heterocycles. The number of hydrogen-bond acceptors (Lipinski definition) is 4. The molecule has 1 aliphatic carbocycles. The van der Waals surface area contributed by atoms with Crippen LogP contribution in [0.4, 0.5) is 0 Å². The van der Waals surface area contributed by atoms with Crippen molar-refractivity contribution in [2.45, 2.75) is 38.2 Å². The van der Waals surface area contributed by atoms with Gasteiger partial charge in [-0.05, 0) is 43.7 Å². The van der Waals surface area contributed by atoms with Crippen LogP contribution in [0.5, 0.6) is 11.5 Å². The molecule has 1 aromatic carbocycles. The molecule has 0 bridgehead atoms. The number of para-hydroxylation sites is 2. The first-order valence-corrected chi connectivity index (χ1v) is 7.79. The van der Waals surface area contributed by atoms with E-state index in [4.69, 9.17) is 19.9 Å². The lowest BCUT2D eigenvalue weighted by Crippen LogP contribution is -2.44. The molecule has 4 heteroatoms. The lowest BCUT2D eigenvalue weighted by Gasteiger charge is -2.38. The number of benzene rings is 1. The van der Waals surface area contributed by atoms with Crippen LogP contribution in [0.15, 0.2) is 24.3 Å². The molecule has 0 amide bonds. The Balaban J connectivity index is 1.78. The van der Waals surface area contributed by atoms with Crippen molar-refractivity contribution >= 4 is 0 Å². The van der Waals surface area contributed by atoms with Crippen LogP contribution in [0.1, 0.15) is 32.6 Å². The average Bonchev–Trinajstić information content (AvgIpc) is 2.54. The summed E-state index contributed by atoms with van der Waals surface area (Å²) in [5, 5.41) is 0. The van der Waals surface area contributed by atoms with Crippen LogP contribution in [0, 0.1) is 5.92 Å². The summed E-state index contributed by atoms with van der Waals surface area (Å²) in [5.41, 5.74) is 5.79. The Labute approximate surface area is 127 Å². The van der Waals surface area contributed by atoms with Crippen molar-refractivity contribution < 1.29 is 14.2 Å². The zero-order valence-electron chi connectivity index (χ0n) is 13.1. The standard InChI is InChI=1S/C17H27NO3/c1-14-7-9-17(13-18,10-8-14)21-12-11-20-16-6-4-3-5-15(16)19-2/h3-6,14H,7-13,18H2,1-2H3. The molecule has 1 aliphatic rings. The minimum atomic E-state index is -0.142. The molecular formula is C17H27NO3. The maximum absolute atomic E-state index is 6.07. The van der Waals surface area contributed by atoms with Crippen LogP contribution in [-0.4, -0.2) is 32.5 Å². The normalized spacial score (nSPS) is 25.6. The van der Waals surface area contributed by atoms with Crippen LogP contribution in [-0.2, 0) is 4.74 Å². The van der Waals surface area contributed by atoms with Crippen LogP contribution < -0.4 is 15.2 Å². The number of nitrogens with two attached hydrogens (primary N) is 1. The average molecular weight is 293 g/mol. The predicted molar refractivity (Wildman–Crippen MR) is 83.9 cm³/mol. The summed E-state index contributed by atoms with van der Waals surface area (Å²) in [6, 6.07) is 7.65. The summed E-state index contributed by atoms with van der Waals surface area (Å²) < 4.78 is 17.1. The van der Waals surface area contributed by atoms with Gasteiger partial charge in [0.1, 0.15) is 6.61 Å².